The summed E-state index contributed by atoms with van der Waals surface area (Å²) in [6, 6.07) is 14.8. The van der Waals surface area contributed by atoms with E-state index in [4.69, 9.17) is 9.47 Å². The lowest BCUT2D eigenvalue weighted by molar-refractivity contribution is 0.0926. The topological polar surface area (TPSA) is 47.6 Å². The Hall–Kier alpha value is -1.76. The summed E-state index contributed by atoms with van der Waals surface area (Å²) < 4.78 is 11.7. The lowest BCUT2D eigenvalue weighted by atomic mass is 10.2. The summed E-state index contributed by atoms with van der Waals surface area (Å²) in [4.78, 5) is 12.2. The third-order valence-electron chi connectivity index (χ3n) is 3.06. The molecule has 0 fully saturated rings. The van der Waals surface area contributed by atoms with Crippen LogP contribution in [-0.4, -0.2) is 25.7 Å². The highest BCUT2D eigenvalue weighted by Crippen LogP contribution is 2.17. The second kappa shape index (κ2) is 8.03. The number of amides is 1. The van der Waals surface area contributed by atoms with Gasteiger partial charge in [-0.1, -0.05) is 12.1 Å². The Labute approximate surface area is 144 Å². The Kier molecular flexibility index (Phi) is 6.06. The van der Waals surface area contributed by atoms with Gasteiger partial charge in [-0.15, -0.1) is 0 Å². The van der Waals surface area contributed by atoms with Gasteiger partial charge in [-0.05, 0) is 65.9 Å². The molecule has 1 N–H and O–H groups in total. The number of carbonyl (C=O) groups is 1. The molecule has 0 saturated heterocycles. The molecule has 2 aromatic carbocycles. The van der Waals surface area contributed by atoms with Gasteiger partial charge >= 0.3 is 0 Å². The summed E-state index contributed by atoms with van der Waals surface area (Å²) in [6.07, 6.45) is 0. The number of methoxy groups -OCH3 is 1. The fourth-order valence-electron chi connectivity index (χ4n) is 1.88. The largest absolute Gasteiger partial charge is 0.497 e. The summed E-state index contributed by atoms with van der Waals surface area (Å²) in [7, 11) is 1.62. The van der Waals surface area contributed by atoms with Crippen molar-refractivity contribution in [2.45, 2.75) is 13.0 Å². The highest BCUT2D eigenvalue weighted by Gasteiger charge is 2.12. The van der Waals surface area contributed by atoms with Crippen molar-refractivity contribution in [2.24, 2.45) is 0 Å². The predicted molar refractivity (Wildman–Crippen MR) is 94.6 cm³/mol. The van der Waals surface area contributed by atoms with Crippen molar-refractivity contribution < 1.29 is 14.3 Å². The number of hydrogen-bond acceptors (Lipinski definition) is 3. The second-order valence-electron chi connectivity index (χ2n) is 4.84. The molecule has 0 radical (unpaired) electrons. The van der Waals surface area contributed by atoms with E-state index in [-0.39, 0.29) is 11.9 Å². The van der Waals surface area contributed by atoms with Crippen LogP contribution in [0.4, 0.5) is 0 Å². The number of ether oxygens (including phenoxy) is 2. The first-order valence-corrected chi connectivity index (χ1v) is 8.00. The van der Waals surface area contributed by atoms with Crippen LogP contribution in [0.1, 0.15) is 17.3 Å². The molecule has 2 aromatic rings. The molecular formula is C17H18INO3. The van der Waals surface area contributed by atoms with Crippen LogP contribution in [0.2, 0.25) is 0 Å². The van der Waals surface area contributed by atoms with Crippen LogP contribution in [0.5, 0.6) is 11.5 Å². The normalized spacial score (nSPS) is 11.6. The number of nitrogens with one attached hydrogen (secondary N) is 1. The molecule has 0 aliphatic heterocycles. The van der Waals surface area contributed by atoms with E-state index in [9.17, 15) is 4.79 Å². The zero-order valence-electron chi connectivity index (χ0n) is 12.5. The predicted octanol–water partition coefficient (Wildman–Crippen LogP) is 3.50. The smallest absolute Gasteiger partial charge is 0.252 e. The molecular weight excluding hydrogens is 393 g/mol. The molecule has 1 atom stereocenters. The van der Waals surface area contributed by atoms with Gasteiger partial charge in [-0.2, -0.15) is 0 Å². The summed E-state index contributed by atoms with van der Waals surface area (Å²) in [5.74, 6) is 1.44. The molecule has 0 aliphatic rings. The van der Waals surface area contributed by atoms with Gasteiger partial charge < -0.3 is 14.8 Å². The number of carbonyl (C=O) groups excluding carboxylic acids is 1. The van der Waals surface area contributed by atoms with Crippen molar-refractivity contribution in [3.63, 3.8) is 0 Å². The molecule has 0 heterocycles. The summed E-state index contributed by atoms with van der Waals surface area (Å²) in [5, 5.41) is 2.94. The molecule has 0 saturated carbocycles. The van der Waals surface area contributed by atoms with Crippen molar-refractivity contribution in [1.82, 2.24) is 5.32 Å². The van der Waals surface area contributed by atoms with Gasteiger partial charge in [0.1, 0.15) is 18.1 Å². The van der Waals surface area contributed by atoms with Gasteiger partial charge in [0.05, 0.1) is 18.7 Å². The Balaban J connectivity index is 1.86. The molecule has 0 aromatic heterocycles. The molecule has 116 valence electrons. The quantitative estimate of drug-likeness (QED) is 0.741. The molecule has 5 heteroatoms. The van der Waals surface area contributed by atoms with Crippen LogP contribution in [0, 0.1) is 3.57 Å². The maximum atomic E-state index is 12.2. The van der Waals surface area contributed by atoms with Crippen LogP contribution in [0.25, 0.3) is 0 Å². The van der Waals surface area contributed by atoms with Crippen molar-refractivity contribution >= 4 is 28.5 Å². The standard InChI is InChI=1S/C17H18INO3/c1-12(11-22-14-9-7-13(21-2)8-10-14)19-17(20)15-5-3-4-6-16(15)18/h3-10,12H,11H2,1-2H3,(H,19,20)/t12-/m0/s1. The maximum absolute atomic E-state index is 12.2. The lowest BCUT2D eigenvalue weighted by Crippen LogP contribution is -2.37. The van der Waals surface area contributed by atoms with Gasteiger partial charge in [-0.3, -0.25) is 4.79 Å². The van der Waals surface area contributed by atoms with Gasteiger partial charge in [0.15, 0.2) is 0 Å². The van der Waals surface area contributed by atoms with Crippen LogP contribution in [0.15, 0.2) is 48.5 Å². The first-order valence-electron chi connectivity index (χ1n) is 6.92. The van der Waals surface area contributed by atoms with E-state index >= 15 is 0 Å². The summed E-state index contributed by atoms with van der Waals surface area (Å²) >= 11 is 2.16. The molecule has 2 rings (SSSR count). The van der Waals surface area contributed by atoms with E-state index < -0.39 is 0 Å². The zero-order chi connectivity index (χ0) is 15.9. The first kappa shape index (κ1) is 16.6. The fraction of sp³-hybridized carbons (Fsp3) is 0.235. The van der Waals surface area contributed by atoms with Crippen LogP contribution >= 0.6 is 22.6 Å². The van der Waals surface area contributed by atoms with E-state index in [0.29, 0.717) is 12.2 Å². The first-order chi connectivity index (χ1) is 10.6. The highest BCUT2D eigenvalue weighted by atomic mass is 127. The number of halogens is 1. The molecule has 1 amide bonds. The van der Waals surface area contributed by atoms with E-state index in [1.54, 1.807) is 7.11 Å². The number of rotatable bonds is 6. The van der Waals surface area contributed by atoms with E-state index in [1.165, 1.54) is 0 Å². The van der Waals surface area contributed by atoms with E-state index in [1.807, 2.05) is 55.5 Å². The fourth-order valence-corrected chi connectivity index (χ4v) is 2.51. The van der Waals surface area contributed by atoms with Crippen molar-refractivity contribution in [1.29, 1.82) is 0 Å². The average Bonchev–Trinajstić information content (AvgIpc) is 2.53. The molecule has 22 heavy (non-hydrogen) atoms. The second-order valence-corrected chi connectivity index (χ2v) is 6.00. The zero-order valence-corrected chi connectivity index (χ0v) is 14.7. The van der Waals surface area contributed by atoms with Gasteiger partial charge in [0.25, 0.3) is 5.91 Å². The van der Waals surface area contributed by atoms with Gasteiger partial charge in [-0.25, -0.2) is 0 Å². The lowest BCUT2D eigenvalue weighted by Gasteiger charge is -2.15. The Bertz CT molecular complexity index is 628. The minimum absolute atomic E-state index is 0.0872. The molecule has 4 nitrogen and oxygen atoms in total. The van der Waals surface area contributed by atoms with Crippen molar-refractivity contribution in [3.8, 4) is 11.5 Å². The monoisotopic (exact) mass is 411 g/mol. The maximum Gasteiger partial charge on any atom is 0.252 e. The summed E-state index contributed by atoms with van der Waals surface area (Å²) in [6.45, 7) is 2.32. The average molecular weight is 411 g/mol. The van der Waals surface area contributed by atoms with Gasteiger partial charge in [0, 0.05) is 3.57 Å². The van der Waals surface area contributed by atoms with Crippen LogP contribution in [0.3, 0.4) is 0 Å². The van der Waals surface area contributed by atoms with E-state index in [0.717, 1.165) is 15.1 Å². The van der Waals surface area contributed by atoms with Crippen molar-refractivity contribution in [3.05, 3.63) is 57.7 Å². The third kappa shape index (κ3) is 4.62. The Morgan fingerprint density at radius 2 is 1.77 bits per heavy atom. The third-order valence-corrected chi connectivity index (χ3v) is 4.00. The minimum atomic E-state index is -0.0920. The Morgan fingerprint density at radius 3 is 2.41 bits per heavy atom. The summed E-state index contributed by atoms with van der Waals surface area (Å²) in [5.41, 5.74) is 0.680. The van der Waals surface area contributed by atoms with Crippen molar-refractivity contribution in [2.75, 3.05) is 13.7 Å². The van der Waals surface area contributed by atoms with Crippen LogP contribution < -0.4 is 14.8 Å². The SMILES string of the molecule is COc1ccc(OC[C@H](C)NC(=O)c2ccccc2I)cc1. The van der Waals surface area contributed by atoms with Gasteiger partial charge in [0.2, 0.25) is 0 Å². The molecule has 0 aliphatic carbocycles. The highest BCUT2D eigenvalue weighted by molar-refractivity contribution is 14.1. The molecule has 0 spiro atoms. The minimum Gasteiger partial charge on any atom is -0.497 e. The molecule has 0 bridgehead atoms. The van der Waals surface area contributed by atoms with E-state index in [2.05, 4.69) is 27.9 Å². The van der Waals surface area contributed by atoms with Crippen LogP contribution in [-0.2, 0) is 0 Å². The Morgan fingerprint density at radius 1 is 1.14 bits per heavy atom. The molecule has 0 unspecified atom stereocenters. The number of hydrogen-bond donors (Lipinski definition) is 1. The number of benzene rings is 2.